The van der Waals surface area contributed by atoms with Crippen molar-refractivity contribution in [3.63, 3.8) is 0 Å². The normalized spacial score (nSPS) is 12.6. The van der Waals surface area contributed by atoms with Crippen LogP contribution in [0.4, 0.5) is 0 Å². The van der Waals surface area contributed by atoms with E-state index in [9.17, 15) is 14.7 Å². The van der Waals surface area contributed by atoms with Crippen molar-refractivity contribution in [3.8, 4) is 0 Å². The molecule has 6 nitrogen and oxygen atoms in total. The zero-order valence-corrected chi connectivity index (χ0v) is 24.5. The number of carbonyl (C=O) groups is 2. The van der Waals surface area contributed by atoms with Crippen LogP contribution in [0.25, 0.3) is 21.8 Å². The number of fused-ring (bicyclic) bond motifs is 3. The second-order valence-corrected chi connectivity index (χ2v) is 11.2. The molecule has 0 aliphatic carbocycles. The summed E-state index contributed by atoms with van der Waals surface area (Å²) in [5.74, 6) is -0.117. The zero-order valence-electron chi connectivity index (χ0n) is 22.9. The number of aliphatic hydroxyl groups excluding tert-OH is 1. The third-order valence-corrected chi connectivity index (χ3v) is 8.14. The van der Waals surface area contributed by atoms with Gasteiger partial charge in [-0.15, -0.1) is 11.8 Å². The number of Topliss-reactive ketones (excluding diaryl/α,β-unsaturated/α-hetero) is 1. The summed E-state index contributed by atoms with van der Waals surface area (Å²) >= 11 is 7.42. The van der Waals surface area contributed by atoms with Crippen LogP contribution < -0.4 is 0 Å². The smallest absolute Gasteiger partial charge is 0.221 e. The predicted octanol–water partition coefficient (Wildman–Crippen LogP) is 7.69. The number of hydrogen-bond acceptors (Lipinski definition) is 6. The monoisotopic (exact) mass is 584 g/mol. The number of aliphatic hydroxyl groups is 1. The lowest BCUT2D eigenvalue weighted by Crippen LogP contribution is -2.19. The molecule has 0 saturated carbocycles. The Labute approximate surface area is 247 Å². The van der Waals surface area contributed by atoms with Crippen molar-refractivity contribution in [2.75, 3.05) is 5.75 Å². The fourth-order valence-corrected chi connectivity index (χ4v) is 5.77. The van der Waals surface area contributed by atoms with Gasteiger partial charge in [0.25, 0.3) is 0 Å². The minimum atomic E-state index is -1.16. The third-order valence-electron chi connectivity index (χ3n) is 6.86. The molecule has 0 aliphatic heterocycles. The molecule has 41 heavy (non-hydrogen) atoms. The van der Waals surface area contributed by atoms with Gasteiger partial charge in [0.05, 0.1) is 0 Å². The molecule has 1 N–H and O–H groups in total. The van der Waals surface area contributed by atoms with E-state index in [2.05, 4.69) is 16.6 Å². The van der Waals surface area contributed by atoms with Gasteiger partial charge in [0.15, 0.2) is 5.78 Å². The number of aryl methyl sites for hydroxylation is 2. The van der Waals surface area contributed by atoms with Crippen LogP contribution in [-0.4, -0.2) is 39.0 Å². The van der Waals surface area contributed by atoms with Crippen molar-refractivity contribution in [3.05, 3.63) is 112 Å². The van der Waals surface area contributed by atoms with Crippen molar-refractivity contribution in [2.24, 2.45) is 5.16 Å². The standard InChI is InChI=1S/C33H29ClN2O4S/c1-4-36-30-15-9-22(32(38)26-8-6-5-7-20(26)2)17-27(30)28-18-23(10-16-31(28)36)33(39)29(35-40-21(3)37)19-41-25-13-11-24(34)12-14-25/h5-18,21,37H,4,19H2,1-3H3. The largest absolute Gasteiger partial charge is 0.364 e. The first-order valence-electron chi connectivity index (χ1n) is 13.3. The first-order valence-corrected chi connectivity index (χ1v) is 14.6. The maximum absolute atomic E-state index is 13.7. The summed E-state index contributed by atoms with van der Waals surface area (Å²) in [6, 6.07) is 26.1. The number of hydrogen-bond donors (Lipinski definition) is 1. The van der Waals surface area contributed by atoms with Crippen molar-refractivity contribution in [1.82, 2.24) is 4.57 Å². The molecule has 1 heterocycles. The number of carbonyl (C=O) groups excluding carboxylic acids is 2. The molecule has 0 radical (unpaired) electrons. The van der Waals surface area contributed by atoms with E-state index in [1.165, 1.54) is 18.7 Å². The molecular weight excluding hydrogens is 556 g/mol. The highest BCUT2D eigenvalue weighted by Gasteiger charge is 2.20. The Bertz CT molecular complexity index is 1790. The van der Waals surface area contributed by atoms with Gasteiger partial charge >= 0.3 is 0 Å². The minimum absolute atomic E-state index is 0.0430. The quantitative estimate of drug-likeness (QED) is 0.0598. The summed E-state index contributed by atoms with van der Waals surface area (Å²) in [7, 11) is 0. The number of aromatic nitrogens is 1. The first-order chi connectivity index (χ1) is 19.8. The van der Waals surface area contributed by atoms with E-state index in [-0.39, 0.29) is 23.0 Å². The third kappa shape index (κ3) is 6.07. The molecule has 5 aromatic rings. The van der Waals surface area contributed by atoms with E-state index in [0.717, 1.165) is 38.8 Å². The molecule has 0 amide bonds. The summed E-state index contributed by atoms with van der Waals surface area (Å²) in [6.45, 7) is 6.15. The number of thioether (sulfide) groups is 1. The second-order valence-electron chi connectivity index (χ2n) is 9.67. The highest BCUT2D eigenvalue weighted by molar-refractivity contribution is 8.00. The molecule has 4 aromatic carbocycles. The Morgan fingerprint density at radius 2 is 1.59 bits per heavy atom. The van der Waals surface area contributed by atoms with Gasteiger partial charge in [-0.2, -0.15) is 0 Å². The lowest BCUT2D eigenvalue weighted by atomic mass is 9.97. The molecule has 208 valence electrons. The number of benzene rings is 4. The second kappa shape index (κ2) is 12.3. The summed E-state index contributed by atoms with van der Waals surface area (Å²) in [5, 5.41) is 16.0. The number of nitrogens with zero attached hydrogens (tertiary/aromatic N) is 2. The van der Waals surface area contributed by atoms with Gasteiger partial charge in [-0.3, -0.25) is 9.59 Å². The number of ketones is 2. The van der Waals surface area contributed by atoms with Crippen LogP contribution in [0.5, 0.6) is 0 Å². The number of rotatable bonds is 10. The molecule has 0 fully saturated rings. The first kappa shape index (κ1) is 28.6. The Morgan fingerprint density at radius 3 is 2.22 bits per heavy atom. The molecule has 0 bridgehead atoms. The van der Waals surface area contributed by atoms with Gasteiger partial charge in [0.2, 0.25) is 12.1 Å². The summed E-state index contributed by atoms with van der Waals surface area (Å²) in [5.41, 5.74) is 4.73. The van der Waals surface area contributed by atoms with Gasteiger partial charge in [0, 0.05) is 67.6 Å². The average molecular weight is 585 g/mol. The van der Waals surface area contributed by atoms with E-state index < -0.39 is 6.29 Å². The lowest BCUT2D eigenvalue weighted by Gasteiger charge is -2.09. The van der Waals surface area contributed by atoms with Crippen LogP contribution in [0.1, 0.15) is 45.7 Å². The Balaban J connectivity index is 1.54. The Kier molecular flexibility index (Phi) is 8.59. The van der Waals surface area contributed by atoms with Crippen LogP contribution in [-0.2, 0) is 11.4 Å². The SMILES string of the molecule is CCn1c2ccc(C(=O)C(CSc3ccc(Cl)cc3)=NOC(C)O)cc2c2cc(C(=O)c3ccccc3C)ccc21. The molecule has 5 rings (SSSR count). The van der Waals surface area contributed by atoms with E-state index in [4.69, 9.17) is 16.4 Å². The summed E-state index contributed by atoms with van der Waals surface area (Å²) in [4.78, 5) is 33.1. The molecular formula is C33H29ClN2O4S. The van der Waals surface area contributed by atoms with Gasteiger partial charge < -0.3 is 14.5 Å². The maximum atomic E-state index is 13.7. The van der Waals surface area contributed by atoms with Crippen molar-refractivity contribution in [1.29, 1.82) is 0 Å². The fourth-order valence-electron chi connectivity index (χ4n) is 4.83. The van der Waals surface area contributed by atoms with Crippen LogP contribution in [0.15, 0.2) is 95.0 Å². The average Bonchev–Trinajstić information content (AvgIpc) is 3.29. The molecule has 0 spiro atoms. The van der Waals surface area contributed by atoms with Crippen LogP contribution in [0.2, 0.25) is 5.02 Å². The zero-order chi connectivity index (χ0) is 29.1. The number of oxime groups is 1. The molecule has 1 atom stereocenters. The Morgan fingerprint density at radius 1 is 0.951 bits per heavy atom. The molecule has 1 aromatic heterocycles. The highest BCUT2D eigenvalue weighted by atomic mass is 35.5. The van der Waals surface area contributed by atoms with Crippen LogP contribution >= 0.6 is 23.4 Å². The molecule has 1 unspecified atom stereocenters. The summed E-state index contributed by atoms with van der Waals surface area (Å²) in [6.07, 6.45) is -1.16. The van der Waals surface area contributed by atoms with Crippen molar-refractivity contribution < 1.29 is 19.5 Å². The minimum Gasteiger partial charge on any atom is -0.364 e. The van der Waals surface area contributed by atoms with Crippen LogP contribution in [0, 0.1) is 6.92 Å². The fraction of sp³-hybridized carbons (Fsp3) is 0.182. The summed E-state index contributed by atoms with van der Waals surface area (Å²) < 4.78 is 2.17. The predicted molar refractivity (Wildman–Crippen MR) is 166 cm³/mol. The molecule has 0 saturated heterocycles. The van der Waals surface area contributed by atoms with Crippen molar-refractivity contribution >= 4 is 62.4 Å². The lowest BCUT2D eigenvalue weighted by molar-refractivity contribution is -0.0836. The van der Waals surface area contributed by atoms with Gasteiger partial charge in [-0.1, -0.05) is 41.0 Å². The molecule has 0 aliphatic rings. The van der Waals surface area contributed by atoms with Crippen LogP contribution in [0.3, 0.4) is 0 Å². The maximum Gasteiger partial charge on any atom is 0.221 e. The van der Waals surface area contributed by atoms with Gasteiger partial charge in [0.1, 0.15) is 5.71 Å². The van der Waals surface area contributed by atoms with Crippen molar-refractivity contribution in [2.45, 2.75) is 38.5 Å². The van der Waals surface area contributed by atoms with E-state index in [1.54, 1.807) is 18.2 Å². The van der Waals surface area contributed by atoms with E-state index in [1.807, 2.05) is 73.7 Å². The van der Waals surface area contributed by atoms with E-state index in [0.29, 0.717) is 21.7 Å². The van der Waals surface area contributed by atoms with Gasteiger partial charge in [-0.05, 0) is 80.1 Å². The Hall–Kier alpha value is -3.91. The topological polar surface area (TPSA) is 80.9 Å². The van der Waals surface area contributed by atoms with E-state index >= 15 is 0 Å². The molecule has 8 heteroatoms. The van der Waals surface area contributed by atoms with Gasteiger partial charge in [-0.25, -0.2) is 0 Å². The highest BCUT2D eigenvalue weighted by Crippen LogP contribution is 2.32. The number of halogens is 1.